The Hall–Kier alpha value is -0.643. The quantitative estimate of drug-likeness (QED) is 0.760. The van der Waals surface area contributed by atoms with Crippen molar-refractivity contribution >= 4 is 8.56 Å². The molecule has 0 saturated carbocycles. The summed E-state index contributed by atoms with van der Waals surface area (Å²) in [5.74, 6) is 0. The van der Waals surface area contributed by atoms with E-state index in [9.17, 15) is 0 Å². The van der Waals surface area contributed by atoms with Crippen molar-refractivity contribution in [2.75, 3.05) is 0 Å². The van der Waals surface area contributed by atoms with E-state index >= 15 is 0 Å². The van der Waals surface area contributed by atoms with E-state index in [4.69, 9.17) is 8.85 Å². The average Bonchev–Trinajstić information content (AvgIpc) is 2.28. The highest BCUT2D eigenvalue weighted by molar-refractivity contribution is 6.66. The van der Waals surface area contributed by atoms with Gasteiger partial charge in [0.1, 0.15) is 0 Å². The minimum atomic E-state index is -1.91. The van der Waals surface area contributed by atoms with Crippen molar-refractivity contribution in [2.24, 2.45) is 0 Å². The molecular weight excluding hydrogens is 228 g/mol. The SMILES string of the molecule is Cc1ccccc1CO[Si]1(C)CCCC(C)O1. The molecule has 0 aliphatic carbocycles. The summed E-state index contributed by atoms with van der Waals surface area (Å²) in [7, 11) is -1.91. The van der Waals surface area contributed by atoms with E-state index in [2.05, 4.69) is 44.7 Å². The Kier molecular flexibility index (Phi) is 4.02. The summed E-state index contributed by atoms with van der Waals surface area (Å²) in [6.45, 7) is 7.18. The van der Waals surface area contributed by atoms with Crippen LogP contribution in [-0.4, -0.2) is 14.7 Å². The molecule has 2 rings (SSSR count). The lowest BCUT2D eigenvalue weighted by Gasteiger charge is -2.34. The van der Waals surface area contributed by atoms with E-state index in [1.54, 1.807) is 0 Å². The molecule has 1 aromatic rings. The van der Waals surface area contributed by atoms with Crippen molar-refractivity contribution in [2.45, 2.75) is 52.0 Å². The number of hydrogen-bond donors (Lipinski definition) is 0. The Labute approximate surface area is 105 Å². The Bertz CT molecular complexity index is 380. The van der Waals surface area contributed by atoms with Crippen LogP contribution in [0, 0.1) is 6.92 Å². The number of rotatable bonds is 3. The maximum absolute atomic E-state index is 6.12. The van der Waals surface area contributed by atoms with Crippen molar-refractivity contribution in [3.8, 4) is 0 Å². The van der Waals surface area contributed by atoms with Gasteiger partial charge in [-0.25, -0.2) is 0 Å². The van der Waals surface area contributed by atoms with Crippen LogP contribution in [0.15, 0.2) is 24.3 Å². The van der Waals surface area contributed by atoms with Gasteiger partial charge in [0.05, 0.1) is 6.61 Å². The molecule has 0 spiro atoms. The normalized spacial score (nSPS) is 29.2. The first kappa shape index (κ1) is 12.8. The predicted octanol–water partition coefficient (Wildman–Crippen LogP) is 3.78. The highest BCUT2D eigenvalue weighted by Crippen LogP contribution is 2.27. The highest BCUT2D eigenvalue weighted by Gasteiger charge is 2.36. The zero-order valence-electron chi connectivity index (χ0n) is 11.0. The first-order chi connectivity index (χ1) is 8.09. The molecule has 1 aliphatic rings. The van der Waals surface area contributed by atoms with Crippen LogP contribution in [0.1, 0.15) is 30.9 Å². The fourth-order valence-electron chi connectivity index (χ4n) is 2.36. The topological polar surface area (TPSA) is 18.5 Å². The van der Waals surface area contributed by atoms with E-state index in [-0.39, 0.29) is 0 Å². The van der Waals surface area contributed by atoms with E-state index in [0.29, 0.717) is 12.7 Å². The minimum Gasteiger partial charge on any atom is -0.392 e. The molecule has 0 amide bonds. The molecule has 1 fully saturated rings. The first-order valence-corrected chi connectivity index (χ1v) is 8.98. The van der Waals surface area contributed by atoms with Gasteiger partial charge in [0.2, 0.25) is 0 Å². The summed E-state index contributed by atoms with van der Waals surface area (Å²) < 4.78 is 12.2. The van der Waals surface area contributed by atoms with Crippen LogP contribution in [0.4, 0.5) is 0 Å². The molecule has 1 heterocycles. The van der Waals surface area contributed by atoms with E-state index in [1.165, 1.54) is 24.0 Å². The summed E-state index contributed by atoms with van der Waals surface area (Å²) in [5.41, 5.74) is 2.58. The van der Waals surface area contributed by atoms with Crippen LogP contribution < -0.4 is 0 Å². The molecular formula is C14H22O2Si. The van der Waals surface area contributed by atoms with Crippen LogP contribution in [0.3, 0.4) is 0 Å². The fraction of sp³-hybridized carbons (Fsp3) is 0.571. The van der Waals surface area contributed by atoms with Crippen LogP contribution >= 0.6 is 0 Å². The second-order valence-electron chi connectivity index (χ2n) is 5.17. The molecule has 2 atom stereocenters. The second kappa shape index (κ2) is 5.34. The van der Waals surface area contributed by atoms with Gasteiger partial charge in [0, 0.05) is 6.10 Å². The summed E-state index contributed by atoms with van der Waals surface area (Å²) in [6, 6.07) is 9.53. The largest absolute Gasteiger partial charge is 0.392 e. The zero-order chi connectivity index (χ0) is 12.3. The average molecular weight is 250 g/mol. The number of aryl methyl sites for hydroxylation is 1. The Morgan fingerprint density at radius 2 is 2.18 bits per heavy atom. The zero-order valence-corrected chi connectivity index (χ0v) is 12.0. The van der Waals surface area contributed by atoms with Gasteiger partial charge in [-0.15, -0.1) is 0 Å². The van der Waals surface area contributed by atoms with Crippen molar-refractivity contribution < 1.29 is 8.85 Å². The summed E-state index contributed by atoms with van der Waals surface area (Å²) >= 11 is 0. The van der Waals surface area contributed by atoms with Crippen LogP contribution in [0.25, 0.3) is 0 Å². The van der Waals surface area contributed by atoms with Crippen molar-refractivity contribution in [3.05, 3.63) is 35.4 Å². The fourth-order valence-corrected chi connectivity index (χ4v) is 4.97. The van der Waals surface area contributed by atoms with E-state index < -0.39 is 8.56 Å². The Balaban J connectivity index is 1.95. The third-order valence-corrected chi connectivity index (χ3v) is 6.40. The van der Waals surface area contributed by atoms with Crippen molar-refractivity contribution in [1.82, 2.24) is 0 Å². The Morgan fingerprint density at radius 1 is 1.41 bits per heavy atom. The van der Waals surface area contributed by atoms with Gasteiger partial charge in [-0.05, 0) is 50.4 Å². The monoisotopic (exact) mass is 250 g/mol. The molecule has 2 unspecified atom stereocenters. The van der Waals surface area contributed by atoms with Crippen LogP contribution in [0.2, 0.25) is 12.6 Å². The molecule has 1 saturated heterocycles. The number of benzene rings is 1. The lowest BCUT2D eigenvalue weighted by molar-refractivity contribution is 0.0969. The van der Waals surface area contributed by atoms with E-state index in [0.717, 1.165) is 6.04 Å². The molecule has 0 aromatic heterocycles. The second-order valence-corrected chi connectivity index (χ2v) is 8.46. The Morgan fingerprint density at radius 3 is 2.88 bits per heavy atom. The van der Waals surface area contributed by atoms with Crippen LogP contribution in [-0.2, 0) is 15.5 Å². The third-order valence-electron chi connectivity index (χ3n) is 3.49. The van der Waals surface area contributed by atoms with Gasteiger partial charge in [0.25, 0.3) is 0 Å². The minimum absolute atomic E-state index is 0.372. The molecule has 3 heteroatoms. The molecule has 0 N–H and O–H groups in total. The van der Waals surface area contributed by atoms with Gasteiger partial charge < -0.3 is 8.85 Å². The predicted molar refractivity (Wildman–Crippen MR) is 72.2 cm³/mol. The lowest BCUT2D eigenvalue weighted by atomic mass is 10.1. The maximum Gasteiger partial charge on any atom is 0.335 e. The lowest BCUT2D eigenvalue weighted by Crippen LogP contribution is -2.44. The van der Waals surface area contributed by atoms with Crippen molar-refractivity contribution in [1.29, 1.82) is 0 Å². The first-order valence-electron chi connectivity index (χ1n) is 6.45. The van der Waals surface area contributed by atoms with Gasteiger partial charge in [-0.3, -0.25) is 0 Å². The molecule has 1 aliphatic heterocycles. The van der Waals surface area contributed by atoms with E-state index in [1.807, 2.05) is 0 Å². The molecule has 1 aromatic carbocycles. The van der Waals surface area contributed by atoms with Gasteiger partial charge >= 0.3 is 8.56 Å². The maximum atomic E-state index is 6.12. The third kappa shape index (κ3) is 3.41. The molecule has 0 bridgehead atoms. The van der Waals surface area contributed by atoms with Gasteiger partial charge in [-0.2, -0.15) is 0 Å². The standard InChI is InChI=1S/C14H22O2Si/c1-12-7-4-5-9-14(12)11-15-17(3)10-6-8-13(2)16-17/h4-5,7,9,13H,6,8,10-11H2,1-3H3. The smallest absolute Gasteiger partial charge is 0.335 e. The molecule has 17 heavy (non-hydrogen) atoms. The molecule has 94 valence electrons. The van der Waals surface area contributed by atoms with Crippen LogP contribution in [0.5, 0.6) is 0 Å². The van der Waals surface area contributed by atoms with Crippen molar-refractivity contribution in [3.63, 3.8) is 0 Å². The summed E-state index contributed by atoms with van der Waals surface area (Å²) in [6.07, 6.45) is 2.80. The number of hydrogen-bond acceptors (Lipinski definition) is 2. The summed E-state index contributed by atoms with van der Waals surface area (Å²) in [4.78, 5) is 0. The highest BCUT2D eigenvalue weighted by atomic mass is 28.4. The van der Waals surface area contributed by atoms with Gasteiger partial charge in [0.15, 0.2) is 0 Å². The molecule has 0 radical (unpaired) electrons. The molecule has 2 nitrogen and oxygen atoms in total. The van der Waals surface area contributed by atoms with Gasteiger partial charge in [-0.1, -0.05) is 24.3 Å². The summed E-state index contributed by atoms with van der Waals surface area (Å²) in [5, 5.41) is 0.